The van der Waals surface area contributed by atoms with Crippen LogP contribution in [0.2, 0.25) is 5.02 Å². The Morgan fingerprint density at radius 2 is 1.83 bits per heavy atom. The van der Waals surface area contributed by atoms with Crippen LogP contribution in [0, 0.1) is 13.7 Å². The highest BCUT2D eigenvalue weighted by Crippen LogP contribution is 2.34. The molecule has 0 aromatic heterocycles. The van der Waals surface area contributed by atoms with Gasteiger partial charge in [-0.3, -0.25) is 10.1 Å². The van der Waals surface area contributed by atoms with E-state index >= 15 is 0 Å². The zero-order valence-electron chi connectivity index (χ0n) is 8.97. The molecule has 6 heteroatoms. The van der Waals surface area contributed by atoms with Crippen molar-refractivity contribution in [2.75, 3.05) is 0 Å². The van der Waals surface area contributed by atoms with E-state index in [4.69, 9.17) is 11.6 Å². The molecule has 0 fully saturated rings. The number of nitro groups is 1. The fourth-order valence-electron chi connectivity index (χ4n) is 1.32. The third-order valence-corrected chi connectivity index (χ3v) is 4.35. The van der Waals surface area contributed by atoms with Gasteiger partial charge in [0.1, 0.15) is 0 Å². The highest BCUT2D eigenvalue weighted by Gasteiger charge is 2.07. The van der Waals surface area contributed by atoms with Gasteiger partial charge in [-0.2, -0.15) is 0 Å². The Hall–Kier alpha value is -0.790. The molecule has 0 saturated heterocycles. The molecule has 0 bridgehead atoms. The minimum absolute atomic E-state index is 0.0908. The van der Waals surface area contributed by atoms with Crippen LogP contribution in [0.1, 0.15) is 0 Å². The van der Waals surface area contributed by atoms with Gasteiger partial charge in [-0.05, 0) is 52.9 Å². The van der Waals surface area contributed by atoms with Crippen molar-refractivity contribution < 1.29 is 4.92 Å². The molecule has 0 saturated carbocycles. The molecule has 0 radical (unpaired) electrons. The summed E-state index contributed by atoms with van der Waals surface area (Å²) >= 11 is 9.81. The third kappa shape index (κ3) is 3.37. The summed E-state index contributed by atoms with van der Waals surface area (Å²) in [6.07, 6.45) is 0. The molecule has 0 aliphatic heterocycles. The van der Waals surface area contributed by atoms with Crippen LogP contribution < -0.4 is 0 Å². The van der Waals surface area contributed by atoms with Crippen LogP contribution in [0.3, 0.4) is 0 Å². The Morgan fingerprint density at radius 3 is 2.39 bits per heavy atom. The number of non-ortho nitro benzene ring substituents is 1. The number of hydrogen-bond donors (Lipinski definition) is 0. The first-order valence-corrected chi connectivity index (χ1v) is 7.21. The van der Waals surface area contributed by atoms with Gasteiger partial charge < -0.3 is 0 Å². The second kappa shape index (κ2) is 5.90. The van der Waals surface area contributed by atoms with Crippen LogP contribution in [0.4, 0.5) is 5.69 Å². The Kier molecular flexibility index (Phi) is 4.47. The van der Waals surface area contributed by atoms with Crippen molar-refractivity contribution in [1.82, 2.24) is 0 Å². The maximum atomic E-state index is 10.5. The Labute approximate surface area is 127 Å². The molecule has 2 aromatic carbocycles. The van der Waals surface area contributed by atoms with Gasteiger partial charge in [0.25, 0.3) is 5.69 Å². The topological polar surface area (TPSA) is 43.1 Å². The van der Waals surface area contributed by atoms with Gasteiger partial charge in [0.15, 0.2) is 0 Å². The first-order valence-electron chi connectivity index (χ1n) is 4.93. The predicted octanol–water partition coefficient (Wildman–Crippen LogP) is 5.00. The van der Waals surface area contributed by atoms with Crippen molar-refractivity contribution in [3.63, 3.8) is 0 Å². The van der Waals surface area contributed by atoms with Gasteiger partial charge in [0, 0.05) is 25.5 Å². The number of nitro benzene ring substituents is 1. The molecule has 0 N–H and O–H groups in total. The molecule has 0 atom stereocenters. The summed E-state index contributed by atoms with van der Waals surface area (Å²) in [5.41, 5.74) is 0.0908. The maximum absolute atomic E-state index is 10.5. The van der Waals surface area contributed by atoms with Crippen LogP contribution in [-0.2, 0) is 0 Å². The highest BCUT2D eigenvalue weighted by atomic mass is 127. The first kappa shape index (κ1) is 13.6. The van der Waals surface area contributed by atoms with Gasteiger partial charge in [0.2, 0.25) is 0 Å². The molecule has 0 aliphatic rings. The third-order valence-electron chi connectivity index (χ3n) is 2.17. The van der Waals surface area contributed by atoms with Crippen molar-refractivity contribution in [2.24, 2.45) is 0 Å². The maximum Gasteiger partial charge on any atom is 0.269 e. The molecule has 0 amide bonds. The molecular formula is C12H7ClINO2S. The molecule has 0 aliphatic carbocycles. The number of nitrogens with zero attached hydrogens (tertiary/aromatic N) is 1. The van der Waals surface area contributed by atoms with Gasteiger partial charge in [-0.1, -0.05) is 23.4 Å². The van der Waals surface area contributed by atoms with E-state index in [1.165, 1.54) is 23.9 Å². The number of hydrogen-bond acceptors (Lipinski definition) is 3. The van der Waals surface area contributed by atoms with Gasteiger partial charge in [-0.15, -0.1) is 0 Å². The molecule has 0 spiro atoms. The van der Waals surface area contributed by atoms with Crippen LogP contribution in [0.15, 0.2) is 52.3 Å². The zero-order chi connectivity index (χ0) is 13.1. The highest BCUT2D eigenvalue weighted by molar-refractivity contribution is 14.1. The van der Waals surface area contributed by atoms with E-state index in [0.717, 1.165) is 13.4 Å². The molecule has 3 nitrogen and oxygen atoms in total. The van der Waals surface area contributed by atoms with Crippen LogP contribution in [-0.4, -0.2) is 4.92 Å². The lowest BCUT2D eigenvalue weighted by molar-refractivity contribution is -0.384. The van der Waals surface area contributed by atoms with E-state index in [0.29, 0.717) is 5.02 Å². The lowest BCUT2D eigenvalue weighted by atomic mass is 10.3. The van der Waals surface area contributed by atoms with Crippen molar-refractivity contribution in [3.8, 4) is 0 Å². The molecule has 2 aromatic rings. The van der Waals surface area contributed by atoms with E-state index in [-0.39, 0.29) is 5.69 Å². The van der Waals surface area contributed by atoms with E-state index in [1.54, 1.807) is 12.1 Å². The Bertz CT molecular complexity index is 589. The normalized spacial score (nSPS) is 10.3. The van der Waals surface area contributed by atoms with Crippen molar-refractivity contribution in [3.05, 3.63) is 61.2 Å². The number of halogens is 2. The van der Waals surface area contributed by atoms with E-state index < -0.39 is 4.92 Å². The minimum atomic E-state index is -0.410. The molecular weight excluding hydrogens is 385 g/mol. The van der Waals surface area contributed by atoms with E-state index in [1.807, 2.05) is 18.2 Å². The summed E-state index contributed by atoms with van der Waals surface area (Å²) in [5, 5.41) is 11.2. The van der Waals surface area contributed by atoms with Crippen LogP contribution in [0.25, 0.3) is 0 Å². The van der Waals surface area contributed by atoms with Crippen molar-refractivity contribution in [2.45, 2.75) is 9.79 Å². The number of rotatable bonds is 3. The molecule has 18 heavy (non-hydrogen) atoms. The smallest absolute Gasteiger partial charge is 0.258 e. The summed E-state index contributed by atoms with van der Waals surface area (Å²) in [6.45, 7) is 0. The average Bonchev–Trinajstić information content (AvgIpc) is 2.33. The lowest BCUT2D eigenvalue weighted by Crippen LogP contribution is -1.86. The number of benzene rings is 2. The van der Waals surface area contributed by atoms with E-state index in [2.05, 4.69) is 22.6 Å². The molecule has 92 valence electrons. The molecule has 0 heterocycles. The molecule has 0 unspecified atom stereocenters. The second-order valence-electron chi connectivity index (χ2n) is 3.43. The van der Waals surface area contributed by atoms with Crippen molar-refractivity contribution >= 4 is 51.6 Å². The first-order chi connectivity index (χ1) is 8.56. The second-order valence-corrected chi connectivity index (χ2v) is 6.20. The lowest BCUT2D eigenvalue weighted by Gasteiger charge is -2.04. The van der Waals surface area contributed by atoms with Crippen LogP contribution in [0.5, 0.6) is 0 Å². The molecule has 2 rings (SSSR count). The monoisotopic (exact) mass is 391 g/mol. The fourth-order valence-corrected chi connectivity index (χ4v) is 3.11. The zero-order valence-corrected chi connectivity index (χ0v) is 12.7. The van der Waals surface area contributed by atoms with Gasteiger partial charge >= 0.3 is 0 Å². The predicted molar refractivity (Wildman–Crippen MR) is 81.4 cm³/mol. The Balaban J connectivity index is 2.21. The standard InChI is InChI=1S/C12H7ClINO2S/c13-11-7-8(14)1-6-12(11)18-10-4-2-9(3-5-10)15(16)17/h1-7H. The SMILES string of the molecule is O=[N+]([O-])c1ccc(Sc2ccc(I)cc2Cl)cc1. The summed E-state index contributed by atoms with van der Waals surface area (Å²) in [6, 6.07) is 12.2. The summed E-state index contributed by atoms with van der Waals surface area (Å²) in [7, 11) is 0. The van der Waals surface area contributed by atoms with Crippen molar-refractivity contribution in [1.29, 1.82) is 0 Å². The van der Waals surface area contributed by atoms with E-state index in [9.17, 15) is 10.1 Å². The average molecular weight is 392 g/mol. The Morgan fingerprint density at radius 1 is 1.17 bits per heavy atom. The summed E-state index contributed by atoms with van der Waals surface area (Å²) in [4.78, 5) is 12.0. The quantitative estimate of drug-likeness (QED) is 0.420. The largest absolute Gasteiger partial charge is 0.269 e. The summed E-state index contributed by atoms with van der Waals surface area (Å²) < 4.78 is 1.07. The van der Waals surface area contributed by atoms with Gasteiger partial charge in [0.05, 0.1) is 9.95 Å². The fraction of sp³-hybridized carbons (Fsp3) is 0. The summed E-state index contributed by atoms with van der Waals surface area (Å²) in [5.74, 6) is 0. The van der Waals surface area contributed by atoms with Crippen LogP contribution >= 0.6 is 46.0 Å². The minimum Gasteiger partial charge on any atom is -0.258 e. The van der Waals surface area contributed by atoms with Gasteiger partial charge in [-0.25, -0.2) is 0 Å².